The van der Waals surface area contributed by atoms with Gasteiger partial charge in [-0.05, 0) is 70.7 Å². The van der Waals surface area contributed by atoms with Gasteiger partial charge in [0.2, 0.25) is 0 Å². The molecule has 2 unspecified atom stereocenters. The Labute approximate surface area is 181 Å². The van der Waals surface area contributed by atoms with E-state index in [4.69, 9.17) is 0 Å². The highest BCUT2D eigenvalue weighted by Crippen LogP contribution is 2.24. The first-order valence-corrected chi connectivity index (χ1v) is 10.5. The van der Waals surface area contributed by atoms with Crippen LogP contribution < -0.4 is 26.0 Å². The Balaban J connectivity index is 1.89. The molecule has 0 saturated carbocycles. The number of nitrogens with zero attached hydrogens (tertiary/aromatic N) is 2. The van der Waals surface area contributed by atoms with Gasteiger partial charge >= 0.3 is 12.4 Å². The molecule has 0 bridgehead atoms. The first kappa shape index (κ1) is 25.2. The molecule has 0 aliphatic carbocycles. The molecule has 4 N–H and O–H groups in total. The smallest absolute Gasteiger partial charge is 0.406 e. The van der Waals surface area contributed by atoms with Gasteiger partial charge in [-0.2, -0.15) is 0 Å². The number of benzene rings is 1. The van der Waals surface area contributed by atoms with Crippen LogP contribution in [0.3, 0.4) is 0 Å². The fraction of sp³-hybridized carbons (Fsp3) is 0.650. The van der Waals surface area contributed by atoms with Crippen molar-refractivity contribution in [2.75, 3.05) is 45.6 Å². The lowest BCUT2D eigenvalue weighted by Gasteiger charge is -2.43. The number of halogens is 3. The highest BCUT2D eigenvalue weighted by molar-refractivity contribution is 5.89. The van der Waals surface area contributed by atoms with Crippen molar-refractivity contribution in [3.63, 3.8) is 0 Å². The highest BCUT2D eigenvalue weighted by atomic mass is 19.4. The molecule has 0 spiro atoms. The van der Waals surface area contributed by atoms with Gasteiger partial charge in [0.25, 0.3) is 0 Å². The van der Waals surface area contributed by atoms with Gasteiger partial charge < -0.3 is 25.6 Å². The van der Waals surface area contributed by atoms with Crippen molar-refractivity contribution >= 4 is 11.7 Å². The van der Waals surface area contributed by atoms with E-state index in [1.54, 1.807) is 0 Å². The largest absolute Gasteiger partial charge is 0.573 e. The molecule has 1 fully saturated rings. The zero-order valence-corrected chi connectivity index (χ0v) is 18.3. The second-order valence-electron chi connectivity index (χ2n) is 7.68. The summed E-state index contributed by atoms with van der Waals surface area (Å²) in [6.07, 6.45) is -2.08. The summed E-state index contributed by atoms with van der Waals surface area (Å²) in [6.45, 7) is 5.52. The van der Waals surface area contributed by atoms with E-state index < -0.39 is 12.4 Å². The van der Waals surface area contributed by atoms with Crippen molar-refractivity contribution in [1.29, 1.82) is 0 Å². The first-order valence-electron chi connectivity index (χ1n) is 10.5. The summed E-state index contributed by atoms with van der Waals surface area (Å²) in [6, 6.07) is 4.57. The van der Waals surface area contributed by atoms with Gasteiger partial charge in [0.15, 0.2) is 0 Å². The number of anilines is 1. The lowest BCUT2D eigenvalue weighted by atomic mass is 10.2. The van der Waals surface area contributed by atoms with Crippen molar-refractivity contribution in [1.82, 2.24) is 25.8 Å². The molecule has 1 aliphatic heterocycles. The number of carbonyl (C=O) groups excluding carboxylic acids is 1. The summed E-state index contributed by atoms with van der Waals surface area (Å²) in [4.78, 5) is 16.8. The molecule has 1 saturated heterocycles. The van der Waals surface area contributed by atoms with Crippen LogP contribution in [0.4, 0.5) is 23.7 Å². The van der Waals surface area contributed by atoms with Crippen LogP contribution in [-0.4, -0.2) is 74.9 Å². The van der Waals surface area contributed by atoms with Crippen molar-refractivity contribution in [3.05, 3.63) is 24.3 Å². The number of hydrogen-bond donors (Lipinski definition) is 4. The Morgan fingerprint density at radius 3 is 2.61 bits per heavy atom. The van der Waals surface area contributed by atoms with Crippen LogP contribution >= 0.6 is 0 Å². The van der Waals surface area contributed by atoms with Crippen molar-refractivity contribution in [2.24, 2.45) is 0 Å². The van der Waals surface area contributed by atoms with E-state index in [0.717, 1.165) is 57.6 Å². The van der Waals surface area contributed by atoms with Crippen molar-refractivity contribution in [3.8, 4) is 5.75 Å². The standard InChI is InChI=1S/C20H33F3N6O2/c1-4-13-29-17(24-11-5-14-28(2)3)10-12-25-18(29)27-19(30)26-15-6-8-16(9-7-15)31-20(21,22)23/h6-9,17-18,24-25H,4-5,10-14H2,1-3H3,(H2,26,27,30). The summed E-state index contributed by atoms with van der Waals surface area (Å²) in [5.41, 5.74) is 0.364. The van der Waals surface area contributed by atoms with Crippen LogP contribution in [-0.2, 0) is 0 Å². The summed E-state index contributed by atoms with van der Waals surface area (Å²) in [7, 11) is 4.09. The summed E-state index contributed by atoms with van der Waals surface area (Å²) in [5, 5.41) is 12.4. The molecule has 1 aromatic carbocycles. The molecule has 0 radical (unpaired) electrons. The number of urea groups is 1. The van der Waals surface area contributed by atoms with E-state index in [2.05, 4.69) is 42.7 Å². The third-order valence-corrected chi connectivity index (χ3v) is 4.74. The Morgan fingerprint density at radius 2 is 2.00 bits per heavy atom. The number of carbonyl (C=O) groups is 1. The fourth-order valence-corrected chi connectivity index (χ4v) is 3.41. The van der Waals surface area contributed by atoms with Crippen LogP contribution in [0.15, 0.2) is 24.3 Å². The van der Waals surface area contributed by atoms with Crippen LogP contribution in [0, 0.1) is 0 Å². The number of nitrogens with one attached hydrogen (secondary N) is 4. The van der Waals surface area contributed by atoms with Gasteiger partial charge in [-0.25, -0.2) is 4.79 Å². The molecule has 2 rings (SSSR count). The normalized spacial score (nSPS) is 20.0. The Hall–Kier alpha value is -2.08. The zero-order chi connectivity index (χ0) is 22.9. The number of alkyl halides is 3. The molecule has 1 aromatic rings. The predicted octanol–water partition coefficient (Wildman–Crippen LogP) is 2.56. The van der Waals surface area contributed by atoms with E-state index in [1.807, 2.05) is 14.1 Å². The van der Waals surface area contributed by atoms with E-state index in [1.165, 1.54) is 12.1 Å². The second-order valence-corrected chi connectivity index (χ2v) is 7.68. The molecular formula is C20H33F3N6O2. The second kappa shape index (κ2) is 12.1. The van der Waals surface area contributed by atoms with Gasteiger partial charge in [-0.1, -0.05) is 6.92 Å². The minimum atomic E-state index is -4.75. The van der Waals surface area contributed by atoms with Gasteiger partial charge in [0.05, 0.1) is 6.17 Å². The molecule has 176 valence electrons. The van der Waals surface area contributed by atoms with Crippen LogP contribution in [0.2, 0.25) is 0 Å². The number of amides is 2. The van der Waals surface area contributed by atoms with Crippen LogP contribution in [0.25, 0.3) is 0 Å². The van der Waals surface area contributed by atoms with Gasteiger partial charge in [0, 0.05) is 18.8 Å². The van der Waals surface area contributed by atoms with Crippen molar-refractivity contribution < 1.29 is 22.7 Å². The number of hydrogen-bond acceptors (Lipinski definition) is 6. The number of ether oxygens (including phenoxy) is 1. The maximum absolute atomic E-state index is 12.5. The molecule has 11 heteroatoms. The fourth-order valence-electron chi connectivity index (χ4n) is 3.41. The van der Waals surface area contributed by atoms with Gasteiger partial charge in [-0.3, -0.25) is 10.2 Å². The molecular weight excluding hydrogens is 413 g/mol. The van der Waals surface area contributed by atoms with Gasteiger partial charge in [0.1, 0.15) is 12.0 Å². The van der Waals surface area contributed by atoms with E-state index in [-0.39, 0.29) is 18.2 Å². The Bertz CT molecular complexity index is 672. The quantitative estimate of drug-likeness (QED) is 0.414. The SMILES string of the molecule is CCCN1C(NCCCN(C)C)CCNC1NC(=O)Nc1ccc(OC(F)(F)F)cc1. The first-order chi connectivity index (χ1) is 14.7. The molecule has 8 nitrogen and oxygen atoms in total. The minimum absolute atomic E-state index is 0.146. The third kappa shape index (κ3) is 9.30. The van der Waals surface area contributed by atoms with Crippen molar-refractivity contribution in [2.45, 2.75) is 45.0 Å². The van der Waals surface area contributed by atoms with Crippen LogP contribution in [0.1, 0.15) is 26.2 Å². The average molecular weight is 447 g/mol. The third-order valence-electron chi connectivity index (χ3n) is 4.74. The molecule has 2 amide bonds. The lowest BCUT2D eigenvalue weighted by Crippen LogP contribution is -2.67. The predicted molar refractivity (Wildman–Crippen MR) is 114 cm³/mol. The maximum Gasteiger partial charge on any atom is 0.573 e. The molecule has 1 aliphatic rings. The summed E-state index contributed by atoms with van der Waals surface area (Å²) in [5.74, 6) is -0.343. The van der Waals surface area contributed by atoms with E-state index in [0.29, 0.717) is 5.69 Å². The molecule has 0 aromatic heterocycles. The zero-order valence-electron chi connectivity index (χ0n) is 18.3. The maximum atomic E-state index is 12.5. The highest BCUT2D eigenvalue weighted by Gasteiger charge is 2.31. The van der Waals surface area contributed by atoms with E-state index >= 15 is 0 Å². The Kier molecular flexibility index (Phi) is 9.82. The molecule has 2 atom stereocenters. The van der Waals surface area contributed by atoms with Gasteiger partial charge in [-0.15, -0.1) is 13.2 Å². The monoisotopic (exact) mass is 446 g/mol. The van der Waals surface area contributed by atoms with Crippen LogP contribution in [0.5, 0.6) is 5.75 Å². The summed E-state index contributed by atoms with van der Waals surface area (Å²) >= 11 is 0. The Morgan fingerprint density at radius 1 is 1.29 bits per heavy atom. The lowest BCUT2D eigenvalue weighted by molar-refractivity contribution is -0.274. The molecule has 1 heterocycles. The number of rotatable bonds is 10. The minimum Gasteiger partial charge on any atom is -0.406 e. The summed E-state index contributed by atoms with van der Waals surface area (Å²) < 4.78 is 40.6. The average Bonchev–Trinajstić information content (AvgIpc) is 2.67. The topological polar surface area (TPSA) is 80.9 Å². The van der Waals surface area contributed by atoms with E-state index in [9.17, 15) is 18.0 Å². The molecule has 31 heavy (non-hydrogen) atoms.